The predicted molar refractivity (Wildman–Crippen MR) is 107 cm³/mol. The lowest BCUT2D eigenvalue weighted by atomic mass is 9.93. The van der Waals surface area contributed by atoms with Gasteiger partial charge in [0, 0.05) is 56.3 Å². The summed E-state index contributed by atoms with van der Waals surface area (Å²) in [4.78, 5) is 14.2. The molecule has 2 atom stereocenters. The summed E-state index contributed by atoms with van der Waals surface area (Å²) in [7, 11) is 0. The van der Waals surface area contributed by atoms with Crippen LogP contribution < -0.4 is 5.32 Å². The first-order chi connectivity index (χ1) is 13.2. The van der Waals surface area contributed by atoms with Crippen LogP contribution >= 0.6 is 0 Å². The van der Waals surface area contributed by atoms with Gasteiger partial charge in [0.15, 0.2) is 0 Å². The van der Waals surface area contributed by atoms with Gasteiger partial charge in [-0.2, -0.15) is 0 Å². The first kappa shape index (κ1) is 16.6. The maximum Gasteiger partial charge on any atom is 0.220 e. The lowest BCUT2D eigenvalue weighted by Gasteiger charge is -2.34. The largest absolute Gasteiger partial charge is 0.353 e. The number of rotatable bonds is 4. The molecule has 0 unspecified atom stereocenters. The molecule has 5 rings (SSSR count). The van der Waals surface area contributed by atoms with Gasteiger partial charge in [0.25, 0.3) is 0 Å². The molecule has 1 amide bonds. The highest BCUT2D eigenvalue weighted by Crippen LogP contribution is 2.27. The number of carbonyl (C=O) groups is 1. The standard InChI is InChI=1S/C23H25N3O/c27-23-13-20-16-25(10-9-21(20)24-23)14-18-6-7-19-8-11-26(22(19)12-18)15-17-4-2-1-3-5-17/h1-8,11-12,20-21H,9-10,13-16H2,(H,24,27)/t20-,21+/m1/s1. The van der Waals surface area contributed by atoms with E-state index in [9.17, 15) is 4.79 Å². The molecule has 0 radical (unpaired) electrons. The molecular weight excluding hydrogens is 334 g/mol. The van der Waals surface area contributed by atoms with Gasteiger partial charge in [0.1, 0.15) is 0 Å². The van der Waals surface area contributed by atoms with E-state index in [1.54, 1.807) is 0 Å². The summed E-state index contributed by atoms with van der Waals surface area (Å²) in [5, 5.41) is 4.41. The molecule has 2 aromatic carbocycles. The van der Waals surface area contributed by atoms with Gasteiger partial charge >= 0.3 is 0 Å². The first-order valence-electron chi connectivity index (χ1n) is 9.88. The highest BCUT2D eigenvalue weighted by atomic mass is 16.2. The van der Waals surface area contributed by atoms with Gasteiger partial charge < -0.3 is 9.88 Å². The topological polar surface area (TPSA) is 37.3 Å². The van der Waals surface area contributed by atoms with Gasteiger partial charge in [0.05, 0.1) is 0 Å². The van der Waals surface area contributed by atoms with Crippen molar-refractivity contribution in [1.82, 2.24) is 14.8 Å². The maximum absolute atomic E-state index is 11.6. The van der Waals surface area contributed by atoms with Crippen molar-refractivity contribution in [3.05, 3.63) is 71.9 Å². The molecule has 0 aliphatic carbocycles. The number of piperidine rings is 1. The van der Waals surface area contributed by atoms with Gasteiger partial charge in [-0.1, -0.05) is 42.5 Å². The average molecular weight is 359 g/mol. The molecule has 2 aliphatic rings. The highest BCUT2D eigenvalue weighted by Gasteiger charge is 2.36. The van der Waals surface area contributed by atoms with Crippen molar-refractivity contribution in [3.63, 3.8) is 0 Å². The summed E-state index contributed by atoms with van der Waals surface area (Å²) in [6.45, 7) is 3.94. The number of amides is 1. The van der Waals surface area contributed by atoms with E-state index in [0.717, 1.165) is 32.6 Å². The minimum absolute atomic E-state index is 0.229. The van der Waals surface area contributed by atoms with Gasteiger partial charge in [-0.15, -0.1) is 0 Å². The Kier molecular flexibility index (Phi) is 4.21. The van der Waals surface area contributed by atoms with Crippen LogP contribution in [0.2, 0.25) is 0 Å². The smallest absolute Gasteiger partial charge is 0.220 e. The number of carbonyl (C=O) groups excluding carboxylic acids is 1. The molecule has 138 valence electrons. The molecule has 0 bridgehead atoms. The van der Waals surface area contributed by atoms with Crippen LogP contribution in [-0.4, -0.2) is 34.5 Å². The minimum atomic E-state index is 0.229. The molecule has 4 nitrogen and oxygen atoms in total. The van der Waals surface area contributed by atoms with Crippen LogP contribution in [0.15, 0.2) is 60.8 Å². The van der Waals surface area contributed by atoms with Crippen LogP contribution in [0, 0.1) is 5.92 Å². The van der Waals surface area contributed by atoms with E-state index in [4.69, 9.17) is 0 Å². The summed E-state index contributed by atoms with van der Waals surface area (Å²) in [5.41, 5.74) is 3.97. The fourth-order valence-electron chi connectivity index (χ4n) is 4.66. The zero-order valence-electron chi connectivity index (χ0n) is 15.5. The molecule has 0 saturated carbocycles. The van der Waals surface area contributed by atoms with Crippen molar-refractivity contribution in [2.75, 3.05) is 13.1 Å². The number of nitrogens with zero attached hydrogens (tertiary/aromatic N) is 2. The molecule has 1 N–H and O–H groups in total. The van der Waals surface area contributed by atoms with Gasteiger partial charge in [-0.3, -0.25) is 9.69 Å². The molecule has 0 spiro atoms. The second kappa shape index (κ2) is 6.86. The molecular formula is C23H25N3O. The molecule has 3 heterocycles. The van der Waals surface area contributed by atoms with E-state index in [-0.39, 0.29) is 5.91 Å². The molecule has 2 aliphatic heterocycles. The molecule has 1 aromatic heterocycles. The van der Waals surface area contributed by atoms with Crippen LogP contribution in [0.1, 0.15) is 24.0 Å². The second-order valence-electron chi connectivity index (χ2n) is 7.98. The summed E-state index contributed by atoms with van der Waals surface area (Å²) in [6, 6.07) is 20.0. The third kappa shape index (κ3) is 3.37. The molecule has 4 heteroatoms. The zero-order valence-corrected chi connectivity index (χ0v) is 15.5. The Morgan fingerprint density at radius 2 is 1.89 bits per heavy atom. The molecule has 2 fully saturated rings. The number of likely N-dealkylation sites (tertiary alicyclic amines) is 1. The minimum Gasteiger partial charge on any atom is -0.353 e. The van der Waals surface area contributed by atoms with Crippen molar-refractivity contribution in [2.45, 2.75) is 32.0 Å². The van der Waals surface area contributed by atoms with Crippen LogP contribution in [-0.2, 0) is 17.9 Å². The van der Waals surface area contributed by atoms with E-state index in [0.29, 0.717) is 18.4 Å². The maximum atomic E-state index is 11.6. The Morgan fingerprint density at radius 1 is 1.00 bits per heavy atom. The van der Waals surface area contributed by atoms with Gasteiger partial charge in [-0.25, -0.2) is 0 Å². The normalized spacial score (nSPS) is 22.7. The summed E-state index contributed by atoms with van der Waals surface area (Å²) >= 11 is 0. The fourth-order valence-corrected chi connectivity index (χ4v) is 4.66. The number of fused-ring (bicyclic) bond motifs is 2. The van der Waals surface area contributed by atoms with E-state index in [2.05, 4.69) is 75.6 Å². The van der Waals surface area contributed by atoms with Crippen molar-refractivity contribution >= 4 is 16.8 Å². The van der Waals surface area contributed by atoms with Crippen molar-refractivity contribution < 1.29 is 4.79 Å². The van der Waals surface area contributed by atoms with E-state index >= 15 is 0 Å². The van der Waals surface area contributed by atoms with E-state index in [1.807, 2.05) is 0 Å². The Labute approximate surface area is 159 Å². The lowest BCUT2D eigenvalue weighted by molar-refractivity contribution is -0.119. The highest BCUT2D eigenvalue weighted by molar-refractivity contribution is 5.81. The molecule has 2 saturated heterocycles. The van der Waals surface area contributed by atoms with Gasteiger partial charge in [-0.05, 0) is 35.1 Å². The monoisotopic (exact) mass is 359 g/mol. The van der Waals surface area contributed by atoms with Crippen LogP contribution in [0.3, 0.4) is 0 Å². The third-order valence-electron chi connectivity index (χ3n) is 6.05. The van der Waals surface area contributed by atoms with Crippen LogP contribution in [0.5, 0.6) is 0 Å². The number of hydrogen-bond acceptors (Lipinski definition) is 2. The van der Waals surface area contributed by atoms with Gasteiger partial charge in [0.2, 0.25) is 5.91 Å². The van der Waals surface area contributed by atoms with Crippen LogP contribution in [0.4, 0.5) is 0 Å². The van der Waals surface area contributed by atoms with Crippen molar-refractivity contribution in [2.24, 2.45) is 5.92 Å². The zero-order chi connectivity index (χ0) is 18.2. The third-order valence-corrected chi connectivity index (χ3v) is 6.05. The summed E-state index contributed by atoms with van der Waals surface area (Å²) in [5.74, 6) is 0.712. The lowest BCUT2D eigenvalue weighted by Crippen LogP contribution is -2.44. The summed E-state index contributed by atoms with van der Waals surface area (Å²) in [6.07, 6.45) is 3.95. The predicted octanol–water partition coefficient (Wildman–Crippen LogP) is 3.40. The summed E-state index contributed by atoms with van der Waals surface area (Å²) < 4.78 is 2.33. The van der Waals surface area contributed by atoms with Crippen molar-refractivity contribution in [3.8, 4) is 0 Å². The number of nitrogens with one attached hydrogen (secondary N) is 1. The van der Waals surface area contributed by atoms with E-state index < -0.39 is 0 Å². The number of benzene rings is 2. The van der Waals surface area contributed by atoms with Crippen molar-refractivity contribution in [1.29, 1.82) is 0 Å². The van der Waals surface area contributed by atoms with Crippen LogP contribution in [0.25, 0.3) is 10.9 Å². The fraction of sp³-hybridized carbons (Fsp3) is 0.348. The Morgan fingerprint density at radius 3 is 2.78 bits per heavy atom. The Balaban J connectivity index is 1.34. The number of aromatic nitrogens is 1. The van der Waals surface area contributed by atoms with E-state index in [1.165, 1.54) is 22.0 Å². The second-order valence-corrected chi connectivity index (χ2v) is 7.98. The SMILES string of the molecule is O=C1C[C@@H]2CN(Cc3ccc4ccn(Cc5ccccc5)c4c3)CC[C@@H]2N1. The number of hydrogen-bond donors (Lipinski definition) is 1. The molecule has 27 heavy (non-hydrogen) atoms. The quantitative estimate of drug-likeness (QED) is 0.775. The Bertz CT molecular complexity index is 962. The average Bonchev–Trinajstić information content (AvgIpc) is 3.25. The molecule has 3 aromatic rings. The first-order valence-corrected chi connectivity index (χ1v) is 9.88. The Hall–Kier alpha value is -2.59.